The molecule has 146 valence electrons. The maximum Gasteiger partial charge on any atom is 0.253 e. The van der Waals surface area contributed by atoms with Gasteiger partial charge in [-0.1, -0.05) is 30.4 Å². The van der Waals surface area contributed by atoms with Crippen molar-refractivity contribution in [2.75, 3.05) is 18.4 Å². The van der Waals surface area contributed by atoms with Crippen LogP contribution in [0.2, 0.25) is 0 Å². The van der Waals surface area contributed by atoms with Crippen LogP contribution in [-0.2, 0) is 9.59 Å². The monoisotopic (exact) mass is 380 g/mol. The number of hydrogen-bond donors (Lipinski definition) is 4. The topological polar surface area (TPSA) is 117 Å². The fraction of sp³-hybridized carbons (Fsp3) is 0.286. The number of nitrogens with zero attached hydrogens (tertiary/aromatic N) is 1. The fourth-order valence-corrected chi connectivity index (χ4v) is 3.05. The van der Waals surface area contributed by atoms with E-state index in [2.05, 4.69) is 15.6 Å². The molecule has 3 rings (SSSR count). The second-order valence-corrected chi connectivity index (χ2v) is 6.85. The van der Waals surface area contributed by atoms with Gasteiger partial charge in [-0.3, -0.25) is 14.6 Å². The first-order chi connectivity index (χ1) is 13.4. The van der Waals surface area contributed by atoms with Gasteiger partial charge < -0.3 is 21.5 Å². The molecule has 0 bridgehead atoms. The Morgan fingerprint density at radius 3 is 2.79 bits per heavy atom. The molecule has 0 saturated heterocycles. The number of pyridine rings is 1. The van der Waals surface area contributed by atoms with Crippen LogP contribution in [0.3, 0.4) is 0 Å². The van der Waals surface area contributed by atoms with E-state index in [9.17, 15) is 14.7 Å². The first kappa shape index (κ1) is 19.6. The Kier molecular flexibility index (Phi) is 5.75. The van der Waals surface area contributed by atoms with E-state index in [0.717, 1.165) is 28.7 Å². The summed E-state index contributed by atoms with van der Waals surface area (Å²) >= 11 is 0. The normalized spacial score (nSPS) is 18.6. The highest BCUT2D eigenvalue weighted by Gasteiger charge is 2.32. The highest BCUT2D eigenvalue weighted by atomic mass is 16.3. The number of aryl methyl sites for hydroxylation is 1. The van der Waals surface area contributed by atoms with Crippen molar-refractivity contribution in [1.29, 1.82) is 0 Å². The minimum absolute atomic E-state index is 0.00237. The van der Waals surface area contributed by atoms with Gasteiger partial charge in [-0.2, -0.15) is 0 Å². The largest absolute Gasteiger partial charge is 0.384 e. The van der Waals surface area contributed by atoms with Crippen LogP contribution in [0, 0.1) is 6.92 Å². The zero-order valence-electron chi connectivity index (χ0n) is 15.7. The van der Waals surface area contributed by atoms with Gasteiger partial charge in [-0.25, -0.2) is 0 Å². The van der Waals surface area contributed by atoms with Crippen molar-refractivity contribution in [1.82, 2.24) is 10.3 Å². The van der Waals surface area contributed by atoms with Gasteiger partial charge in [0.15, 0.2) is 5.60 Å². The molecule has 0 spiro atoms. The number of aliphatic hydroxyl groups is 1. The van der Waals surface area contributed by atoms with Gasteiger partial charge in [0.25, 0.3) is 11.8 Å². The van der Waals surface area contributed by atoms with Crippen LogP contribution in [0.4, 0.5) is 5.69 Å². The number of nitrogens with two attached hydrogens (primary N) is 1. The lowest BCUT2D eigenvalue weighted by molar-refractivity contribution is -0.131. The number of nitrogens with one attached hydrogen (secondary N) is 2. The Bertz CT molecular complexity index is 967. The molecule has 0 fully saturated rings. The number of primary amides is 1. The van der Waals surface area contributed by atoms with E-state index in [1.165, 1.54) is 18.2 Å². The van der Waals surface area contributed by atoms with E-state index in [0.29, 0.717) is 18.7 Å². The van der Waals surface area contributed by atoms with E-state index in [1.807, 2.05) is 37.3 Å². The molecular formula is C21H24N4O3. The molecule has 7 nitrogen and oxygen atoms in total. The van der Waals surface area contributed by atoms with Gasteiger partial charge in [0, 0.05) is 41.9 Å². The van der Waals surface area contributed by atoms with Crippen molar-refractivity contribution in [3.63, 3.8) is 0 Å². The predicted molar refractivity (Wildman–Crippen MR) is 109 cm³/mol. The summed E-state index contributed by atoms with van der Waals surface area (Å²) in [6.07, 6.45) is 4.95. The number of amides is 2. The summed E-state index contributed by atoms with van der Waals surface area (Å²) in [5.41, 5.74) is 6.77. The van der Waals surface area contributed by atoms with Gasteiger partial charge >= 0.3 is 0 Å². The molecule has 0 radical (unpaired) electrons. The molecule has 1 aromatic heterocycles. The molecule has 0 saturated carbocycles. The summed E-state index contributed by atoms with van der Waals surface area (Å²) in [4.78, 5) is 27.9. The minimum Gasteiger partial charge on any atom is -0.384 e. The quantitative estimate of drug-likeness (QED) is 0.544. The SMILES string of the molecule is Cc1cc(NCCCNC(=O)C2=CCC(O)(C(N)=O)C=C2)c2ccccc2n1. The number of benzene rings is 1. The van der Waals surface area contributed by atoms with Crippen molar-refractivity contribution in [3.8, 4) is 0 Å². The van der Waals surface area contributed by atoms with Gasteiger partial charge in [0.1, 0.15) is 0 Å². The van der Waals surface area contributed by atoms with Crippen LogP contribution in [0.1, 0.15) is 18.5 Å². The Morgan fingerprint density at radius 1 is 1.29 bits per heavy atom. The molecule has 0 aliphatic heterocycles. The molecule has 2 aromatic rings. The number of hydrogen-bond acceptors (Lipinski definition) is 5. The molecule has 1 atom stereocenters. The number of fused-ring (bicyclic) bond motifs is 1. The fourth-order valence-electron chi connectivity index (χ4n) is 3.05. The summed E-state index contributed by atoms with van der Waals surface area (Å²) in [7, 11) is 0. The van der Waals surface area contributed by atoms with Gasteiger partial charge in [0.2, 0.25) is 0 Å². The van der Waals surface area contributed by atoms with E-state index < -0.39 is 11.5 Å². The van der Waals surface area contributed by atoms with Gasteiger partial charge in [0.05, 0.1) is 5.52 Å². The number of anilines is 1. The number of carbonyl (C=O) groups excluding carboxylic acids is 2. The number of para-hydroxylation sites is 1. The predicted octanol–water partition coefficient (Wildman–Crippen LogP) is 1.56. The van der Waals surface area contributed by atoms with Gasteiger partial charge in [-0.05, 0) is 31.6 Å². The summed E-state index contributed by atoms with van der Waals surface area (Å²) in [6.45, 7) is 3.16. The van der Waals surface area contributed by atoms with Crippen LogP contribution in [0.25, 0.3) is 10.9 Å². The summed E-state index contributed by atoms with van der Waals surface area (Å²) < 4.78 is 0. The number of aromatic nitrogens is 1. The summed E-state index contributed by atoms with van der Waals surface area (Å²) in [5.74, 6) is -1.07. The maximum absolute atomic E-state index is 12.2. The van der Waals surface area contributed by atoms with E-state index >= 15 is 0 Å². The second kappa shape index (κ2) is 8.22. The molecule has 1 aromatic carbocycles. The highest BCUT2D eigenvalue weighted by Crippen LogP contribution is 2.23. The first-order valence-electron chi connectivity index (χ1n) is 9.19. The molecule has 1 heterocycles. The van der Waals surface area contributed by atoms with Crippen LogP contribution >= 0.6 is 0 Å². The van der Waals surface area contributed by atoms with Crippen LogP contribution in [0.15, 0.2) is 54.1 Å². The standard InChI is InChI=1S/C21H24N4O3/c1-14-13-18(16-5-2-3-6-17(16)25-14)23-11-4-12-24-19(26)15-7-9-21(28,10-8-15)20(22)27/h2-3,5-9,13,28H,4,10-12H2,1H3,(H2,22,27)(H,23,25)(H,24,26). The van der Waals surface area contributed by atoms with Crippen LogP contribution in [0.5, 0.6) is 0 Å². The van der Waals surface area contributed by atoms with Crippen molar-refractivity contribution in [3.05, 3.63) is 59.8 Å². The molecule has 1 unspecified atom stereocenters. The smallest absolute Gasteiger partial charge is 0.253 e. The van der Waals surface area contributed by atoms with E-state index in [1.54, 1.807) is 0 Å². The van der Waals surface area contributed by atoms with Crippen molar-refractivity contribution >= 4 is 28.4 Å². The summed E-state index contributed by atoms with van der Waals surface area (Å²) in [6, 6.07) is 9.97. The molecule has 2 amide bonds. The Hall–Kier alpha value is -3.19. The van der Waals surface area contributed by atoms with E-state index in [-0.39, 0.29) is 12.3 Å². The molecular weight excluding hydrogens is 356 g/mol. The Balaban J connectivity index is 1.47. The zero-order valence-corrected chi connectivity index (χ0v) is 15.7. The highest BCUT2D eigenvalue weighted by molar-refractivity contribution is 5.97. The summed E-state index contributed by atoms with van der Waals surface area (Å²) in [5, 5.41) is 17.2. The van der Waals surface area contributed by atoms with Crippen LogP contribution in [-0.4, -0.2) is 40.6 Å². The second-order valence-electron chi connectivity index (χ2n) is 6.85. The third kappa shape index (κ3) is 4.37. The maximum atomic E-state index is 12.2. The van der Waals surface area contributed by atoms with Crippen molar-refractivity contribution in [2.45, 2.75) is 25.4 Å². The van der Waals surface area contributed by atoms with Crippen molar-refractivity contribution in [2.24, 2.45) is 5.73 Å². The zero-order chi connectivity index (χ0) is 20.1. The van der Waals surface area contributed by atoms with Crippen molar-refractivity contribution < 1.29 is 14.7 Å². The lowest BCUT2D eigenvalue weighted by atomic mass is 9.91. The first-order valence-corrected chi connectivity index (χ1v) is 9.19. The third-order valence-corrected chi connectivity index (χ3v) is 4.66. The average molecular weight is 380 g/mol. The molecule has 1 aliphatic rings. The Labute approximate surface area is 163 Å². The lowest BCUT2D eigenvalue weighted by Gasteiger charge is -2.22. The molecule has 7 heteroatoms. The average Bonchev–Trinajstić information content (AvgIpc) is 2.67. The lowest BCUT2D eigenvalue weighted by Crippen LogP contribution is -2.43. The van der Waals surface area contributed by atoms with Gasteiger partial charge in [-0.15, -0.1) is 0 Å². The van der Waals surface area contributed by atoms with E-state index in [4.69, 9.17) is 5.73 Å². The van der Waals surface area contributed by atoms with Crippen LogP contribution < -0.4 is 16.4 Å². The Morgan fingerprint density at radius 2 is 2.07 bits per heavy atom. The molecule has 28 heavy (non-hydrogen) atoms. The number of rotatable bonds is 7. The molecule has 1 aliphatic carbocycles. The third-order valence-electron chi connectivity index (χ3n) is 4.66. The minimum atomic E-state index is -1.71. The molecule has 5 N–H and O–H groups in total. The number of carbonyl (C=O) groups is 2.